The molecule has 0 unspecified atom stereocenters. The average molecular weight is 468 g/mol. The number of benzene rings is 3. The van der Waals surface area contributed by atoms with E-state index in [-0.39, 0.29) is 23.3 Å². The van der Waals surface area contributed by atoms with E-state index in [4.69, 9.17) is 4.74 Å². The second kappa shape index (κ2) is 10.6. The van der Waals surface area contributed by atoms with Crippen LogP contribution in [0.1, 0.15) is 22.8 Å². The van der Waals surface area contributed by atoms with Crippen LogP contribution in [-0.4, -0.2) is 33.4 Å². The van der Waals surface area contributed by atoms with Gasteiger partial charge >= 0.3 is 0 Å². The fourth-order valence-corrected chi connectivity index (χ4v) is 3.91. The Bertz CT molecular complexity index is 1210. The van der Waals surface area contributed by atoms with Crippen molar-refractivity contribution in [3.63, 3.8) is 0 Å². The maximum atomic E-state index is 12.6. The van der Waals surface area contributed by atoms with Gasteiger partial charge in [-0.3, -0.25) is 14.3 Å². The van der Waals surface area contributed by atoms with Crippen LogP contribution in [-0.2, 0) is 14.8 Å². The van der Waals surface area contributed by atoms with Crippen molar-refractivity contribution in [2.45, 2.75) is 18.7 Å². The van der Waals surface area contributed by atoms with E-state index in [0.29, 0.717) is 29.2 Å². The SMILES string of the molecule is CCNC(=O)COc1ccc(NC(=O)c2ccc(S(=O)(=O)Nc3ccc(C)cc3)cc2)cc1. The van der Waals surface area contributed by atoms with Crippen LogP contribution in [0.2, 0.25) is 0 Å². The first-order valence-electron chi connectivity index (χ1n) is 10.3. The van der Waals surface area contributed by atoms with E-state index < -0.39 is 10.0 Å². The minimum atomic E-state index is -3.77. The molecule has 3 aromatic rings. The van der Waals surface area contributed by atoms with Crippen LogP contribution in [0.25, 0.3) is 0 Å². The standard InChI is InChI=1S/C24H25N3O5S/c1-3-25-23(28)16-32-21-12-10-19(11-13-21)26-24(29)18-6-14-22(15-7-18)33(30,31)27-20-8-4-17(2)5-9-20/h4-15,27H,3,16H2,1-2H3,(H,25,28)(H,26,29). The zero-order chi connectivity index (χ0) is 23.8. The first-order chi connectivity index (χ1) is 15.8. The number of hydrogen-bond donors (Lipinski definition) is 3. The molecule has 0 aliphatic heterocycles. The van der Waals surface area contributed by atoms with Gasteiger partial charge in [-0.25, -0.2) is 8.42 Å². The van der Waals surface area contributed by atoms with Crippen molar-refractivity contribution in [3.05, 3.63) is 83.9 Å². The third kappa shape index (κ3) is 6.81. The Morgan fingerprint density at radius 3 is 2.06 bits per heavy atom. The van der Waals surface area contributed by atoms with Crippen LogP contribution < -0.4 is 20.1 Å². The summed E-state index contributed by atoms with van der Waals surface area (Å²) in [7, 11) is -3.77. The highest BCUT2D eigenvalue weighted by Crippen LogP contribution is 2.19. The Morgan fingerprint density at radius 1 is 0.848 bits per heavy atom. The predicted molar refractivity (Wildman–Crippen MR) is 127 cm³/mol. The molecule has 0 radical (unpaired) electrons. The highest BCUT2D eigenvalue weighted by Gasteiger charge is 2.15. The van der Waals surface area contributed by atoms with E-state index in [1.165, 1.54) is 24.3 Å². The Labute approximate surface area is 193 Å². The summed E-state index contributed by atoms with van der Waals surface area (Å²) in [6.45, 7) is 4.18. The Balaban J connectivity index is 1.59. The normalized spacial score (nSPS) is 10.8. The number of rotatable bonds is 9. The average Bonchev–Trinajstić information content (AvgIpc) is 2.80. The lowest BCUT2D eigenvalue weighted by Gasteiger charge is -2.10. The van der Waals surface area contributed by atoms with Crippen LogP contribution in [0.3, 0.4) is 0 Å². The third-order valence-corrected chi connectivity index (χ3v) is 5.98. The lowest BCUT2D eigenvalue weighted by molar-refractivity contribution is -0.122. The molecule has 3 rings (SSSR count). The minimum Gasteiger partial charge on any atom is -0.484 e. The molecule has 9 heteroatoms. The Kier molecular flexibility index (Phi) is 7.68. The van der Waals surface area contributed by atoms with E-state index in [0.717, 1.165) is 5.56 Å². The number of ether oxygens (including phenoxy) is 1. The molecule has 0 fully saturated rings. The summed E-state index contributed by atoms with van der Waals surface area (Å²) >= 11 is 0. The second-order valence-corrected chi connectivity index (χ2v) is 8.90. The Morgan fingerprint density at radius 2 is 1.45 bits per heavy atom. The van der Waals surface area contributed by atoms with Gasteiger partial charge in [0.25, 0.3) is 21.8 Å². The number of anilines is 2. The second-order valence-electron chi connectivity index (χ2n) is 7.22. The smallest absolute Gasteiger partial charge is 0.261 e. The first kappa shape index (κ1) is 23.8. The molecule has 0 aromatic heterocycles. The number of hydrogen-bond acceptors (Lipinski definition) is 5. The van der Waals surface area contributed by atoms with Crippen molar-refractivity contribution in [1.29, 1.82) is 0 Å². The van der Waals surface area contributed by atoms with Crippen molar-refractivity contribution in [2.24, 2.45) is 0 Å². The number of nitrogens with one attached hydrogen (secondary N) is 3. The van der Waals surface area contributed by atoms with E-state index in [1.807, 2.05) is 26.0 Å². The van der Waals surface area contributed by atoms with Gasteiger partial charge < -0.3 is 15.4 Å². The first-order valence-corrected chi connectivity index (χ1v) is 11.8. The molecule has 0 saturated heterocycles. The molecular formula is C24H25N3O5S. The highest BCUT2D eigenvalue weighted by atomic mass is 32.2. The van der Waals surface area contributed by atoms with Gasteiger partial charge in [0.1, 0.15) is 5.75 Å². The van der Waals surface area contributed by atoms with Crippen molar-refractivity contribution in [3.8, 4) is 5.75 Å². The summed E-state index contributed by atoms with van der Waals surface area (Å²) in [6.07, 6.45) is 0. The molecule has 2 amide bonds. The lowest BCUT2D eigenvalue weighted by Crippen LogP contribution is -2.28. The van der Waals surface area contributed by atoms with Crippen molar-refractivity contribution in [1.82, 2.24) is 5.32 Å². The number of likely N-dealkylation sites (N-methyl/N-ethyl adjacent to an activating group) is 1. The lowest BCUT2D eigenvalue weighted by atomic mass is 10.2. The summed E-state index contributed by atoms with van der Waals surface area (Å²) < 4.78 is 33.0. The van der Waals surface area contributed by atoms with Gasteiger partial charge in [-0.15, -0.1) is 0 Å². The number of carbonyl (C=O) groups excluding carboxylic acids is 2. The van der Waals surface area contributed by atoms with Crippen LogP contribution in [0.4, 0.5) is 11.4 Å². The maximum Gasteiger partial charge on any atom is 0.261 e. The van der Waals surface area contributed by atoms with E-state index in [2.05, 4.69) is 15.4 Å². The van der Waals surface area contributed by atoms with E-state index in [9.17, 15) is 18.0 Å². The molecule has 3 aromatic carbocycles. The fraction of sp³-hybridized carbons (Fsp3) is 0.167. The number of amides is 2. The summed E-state index contributed by atoms with van der Waals surface area (Å²) in [5, 5.41) is 5.37. The van der Waals surface area contributed by atoms with Gasteiger partial charge in [-0.1, -0.05) is 17.7 Å². The minimum absolute atomic E-state index is 0.0493. The van der Waals surface area contributed by atoms with Crippen molar-refractivity contribution < 1.29 is 22.7 Å². The van der Waals surface area contributed by atoms with Gasteiger partial charge in [0.2, 0.25) is 0 Å². The fourth-order valence-electron chi connectivity index (χ4n) is 2.86. The number of carbonyl (C=O) groups is 2. The van der Waals surface area contributed by atoms with Gasteiger partial charge in [0, 0.05) is 23.5 Å². The summed E-state index contributed by atoms with van der Waals surface area (Å²) in [4.78, 5) is 24.0. The third-order valence-electron chi connectivity index (χ3n) is 4.59. The molecule has 3 N–H and O–H groups in total. The predicted octanol–water partition coefficient (Wildman–Crippen LogP) is 3.56. The molecule has 33 heavy (non-hydrogen) atoms. The summed E-state index contributed by atoms with van der Waals surface area (Å²) in [5.74, 6) is -0.106. The molecule has 172 valence electrons. The highest BCUT2D eigenvalue weighted by molar-refractivity contribution is 7.92. The van der Waals surface area contributed by atoms with Crippen molar-refractivity contribution >= 4 is 33.2 Å². The molecule has 0 spiro atoms. The maximum absolute atomic E-state index is 12.6. The van der Waals surface area contributed by atoms with E-state index in [1.54, 1.807) is 36.4 Å². The monoisotopic (exact) mass is 467 g/mol. The molecule has 8 nitrogen and oxygen atoms in total. The van der Waals surface area contributed by atoms with Gasteiger partial charge in [0.05, 0.1) is 4.90 Å². The largest absolute Gasteiger partial charge is 0.484 e. The van der Waals surface area contributed by atoms with Crippen LogP contribution in [0, 0.1) is 6.92 Å². The molecule has 0 aliphatic rings. The van der Waals surface area contributed by atoms with Gasteiger partial charge in [-0.2, -0.15) is 0 Å². The molecule has 0 atom stereocenters. The summed E-state index contributed by atoms with van der Waals surface area (Å²) in [5.41, 5.74) is 2.32. The summed E-state index contributed by atoms with van der Waals surface area (Å²) in [6, 6.07) is 19.2. The van der Waals surface area contributed by atoms with Crippen molar-refractivity contribution in [2.75, 3.05) is 23.2 Å². The topological polar surface area (TPSA) is 114 Å². The number of sulfonamides is 1. The van der Waals surface area contributed by atoms with Gasteiger partial charge in [0.15, 0.2) is 6.61 Å². The molecule has 0 heterocycles. The molecular weight excluding hydrogens is 442 g/mol. The van der Waals surface area contributed by atoms with Crippen LogP contribution in [0.5, 0.6) is 5.75 Å². The van der Waals surface area contributed by atoms with Crippen LogP contribution >= 0.6 is 0 Å². The van der Waals surface area contributed by atoms with Crippen LogP contribution in [0.15, 0.2) is 77.7 Å². The van der Waals surface area contributed by atoms with Gasteiger partial charge in [-0.05, 0) is 74.5 Å². The quantitative estimate of drug-likeness (QED) is 0.445. The molecule has 0 saturated carbocycles. The Hall–Kier alpha value is -3.85. The zero-order valence-corrected chi connectivity index (χ0v) is 19.1. The molecule has 0 aliphatic carbocycles. The van der Waals surface area contributed by atoms with E-state index >= 15 is 0 Å². The zero-order valence-electron chi connectivity index (χ0n) is 18.3. The number of aryl methyl sites for hydroxylation is 1. The molecule has 0 bridgehead atoms.